The Balaban J connectivity index is 1.79. The second-order valence-electron chi connectivity index (χ2n) is 7.33. The molecule has 0 aromatic heterocycles. The Morgan fingerprint density at radius 2 is 1.62 bits per heavy atom. The van der Waals surface area contributed by atoms with E-state index in [-0.39, 0.29) is 23.1 Å². The van der Waals surface area contributed by atoms with Gasteiger partial charge < -0.3 is 4.74 Å². The van der Waals surface area contributed by atoms with E-state index < -0.39 is 11.6 Å². The summed E-state index contributed by atoms with van der Waals surface area (Å²) in [6, 6.07) is 17.4. The Labute approximate surface area is 188 Å². The van der Waals surface area contributed by atoms with Crippen molar-refractivity contribution in [3.05, 3.63) is 95.3 Å². The number of fused-ring (bicyclic) bond motifs is 1. The number of benzene rings is 4. The van der Waals surface area contributed by atoms with Gasteiger partial charge in [-0.1, -0.05) is 42.1 Å². The van der Waals surface area contributed by atoms with Crippen LogP contribution in [0.15, 0.2) is 76.5 Å². The van der Waals surface area contributed by atoms with Crippen LogP contribution in [0.25, 0.3) is 21.9 Å². The summed E-state index contributed by atoms with van der Waals surface area (Å²) in [6.07, 6.45) is 0.100. The topological polar surface area (TPSA) is 26.3 Å². The molecule has 0 atom stereocenters. The Morgan fingerprint density at radius 1 is 0.938 bits per heavy atom. The fraction of sp³-hybridized carbons (Fsp3) is 0.115. The van der Waals surface area contributed by atoms with E-state index in [2.05, 4.69) is 0 Å². The smallest absolute Gasteiger partial charge is 0.309 e. The van der Waals surface area contributed by atoms with Gasteiger partial charge in [0.15, 0.2) is 0 Å². The predicted octanol–water partition coefficient (Wildman–Crippen LogP) is 7.10. The third kappa shape index (κ3) is 4.36. The van der Waals surface area contributed by atoms with Gasteiger partial charge in [-0.05, 0) is 76.3 Å². The number of carbonyl (C=O) groups is 1. The second kappa shape index (κ2) is 9.09. The van der Waals surface area contributed by atoms with E-state index in [1.165, 1.54) is 37.4 Å². The summed E-state index contributed by atoms with van der Waals surface area (Å²) in [4.78, 5) is 12.5. The molecule has 2 nitrogen and oxygen atoms in total. The maximum atomic E-state index is 14.1. The van der Waals surface area contributed by atoms with Crippen LogP contribution in [0, 0.1) is 24.4 Å². The molecule has 0 amide bonds. The van der Waals surface area contributed by atoms with Crippen LogP contribution in [-0.4, -0.2) is 13.1 Å². The fourth-order valence-electron chi connectivity index (χ4n) is 3.70. The van der Waals surface area contributed by atoms with Gasteiger partial charge in [-0.25, -0.2) is 13.2 Å². The van der Waals surface area contributed by atoms with Gasteiger partial charge in [-0.3, -0.25) is 4.79 Å². The van der Waals surface area contributed by atoms with Crippen molar-refractivity contribution in [1.82, 2.24) is 0 Å². The van der Waals surface area contributed by atoms with Crippen molar-refractivity contribution >= 4 is 28.5 Å². The molecule has 0 radical (unpaired) electrons. The summed E-state index contributed by atoms with van der Waals surface area (Å²) in [6.45, 7) is 1.88. The molecule has 4 aromatic rings. The lowest BCUT2D eigenvalue weighted by molar-refractivity contribution is -0.139. The van der Waals surface area contributed by atoms with Crippen LogP contribution >= 0.6 is 11.8 Å². The highest BCUT2D eigenvalue weighted by molar-refractivity contribution is 7.99. The second-order valence-corrected chi connectivity index (χ2v) is 8.42. The minimum atomic E-state index is -0.619. The number of halogens is 3. The molecule has 6 heteroatoms. The van der Waals surface area contributed by atoms with E-state index in [9.17, 15) is 18.0 Å². The zero-order valence-corrected chi connectivity index (χ0v) is 18.2. The van der Waals surface area contributed by atoms with E-state index in [0.717, 1.165) is 44.8 Å². The van der Waals surface area contributed by atoms with Crippen LogP contribution in [-0.2, 0) is 16.0 Å². The first-order valence-corrected chi connectivity index (χ1v) is 10.7. The highest BCUT2D eigenvalue weighted by Gasteiger charge is 2.16. The maximum Gasteiger partial charge on any atom is 0.309 e. The number of hydrogen-bond donors (Lipinski definition) is 0. The van der Waals surface area contributed by atoms with Crippen molar-refractivity contribution in [3.8, 4) is 11.1 Å². The number of rotatable bonds is 5. The van der Waals surface area contributed by atoms with Crippen LogP contribution < -0.4 is 0 Å². The van der Waals surface area contributed by atoms with E-state index in [0.29, 0.717) is 4.90 Å². The molecule has 0 aliphatic carbocycles. The average molecular weight is 452 g/mol. The van der Waals surface area contributed by atoms with Crippen molar-refractivity contribution in [2.45, 2.75) is 23.1 Å². The molecule has 32 heavy (non-hydrogen) atoms. The Bertz CT molecular complexity index is 1300. The number of methoxy groups -OCH3 is 1. The molecule has 4 aromatic carbocycles. The Kier molecular flexibility index (Phi) is 6.24. The van der Waals surface area contributed by atoms with E-state index in [4.69, 9.17) is 4.74 Å². The number of ether oxygens (including phenoxy) is 1. The summed E-state index contributed by atoms with van der Waals surface area (Å²) in [7, 11) is 1.34. The fourth-order valence-corrected chi connectivity index (χ4v) is 4.54. The van der Waals surface area contributed by atoms with Gasteiger partial charge in [-0.2, -0.15) is 0 Å². The van der Waals surface area contributed by atoms with E-state index in [1.807, 2.05) is 25.1 Å². The molecule has 0 fully saturated rings. The number of carbonyl (C=O) groups excluding carboxylic acids is 1. The zero-order valence-electron chi connectivity index (χ0n) is 17.4. The Hall–Kier alpha value is -3.25. The molecule has 0 heterocycles. The van der Waals surface area contributed by atoms with E-state index in [1.54, 1.807) is 18.2 Å². The molecular formula is C26H19F3O2S. The molecule has 0 aliphatic heterocycles. The van der Waals surface area contributed by atoms with Crippen LogP contribution in [0.1, 0.15) is 11.1 Å². The van der Waals surface area contributed by atoms with Gasteiger partial charge in [0.25, 0.3) is 0 Å². The normalized spacial score (nSPS) is 11.0. The monoisotopic (exact) mass is 452 g/mol. The van der Waals surface area contributed by atoms with Gasteiger partial charge in [0, 0.05) is 4.90 Å². The summed E-state index contributed by atoms with van der Waals surface area (Å²) < 4.78 is 46.9. The molecule has 162 valence electrons. The molecule has 0 bridgehead atoms. The average Bonchev–Trinajstić information content (AvgIpc) is 2.78. The highest BCUT2D eigenvalue weighted by Crippen LogP contribution is 2.37. The number of esters is 1. The molecule has 0 unspecified atom stereocenters. The van der Waals surface area contributed by atoms with Crippen LogP contribution in [0.5, 0.6) is 0 Å². The molecular weight excluding hydrogens is 433 g/mol. The van der Waals surface area contributed by atoms with Crippen molar-refractivity contribution in [2.24, 2.45) is 0 Å². The molecule has 4 rings (SSSR count). The maximum absolute atomic E-state index is 14.1. The van der Waals surface area contributed by atoms with Gasteiger partial charge in [-0.15, -0.1) is 0 Å². The van der Waals surface area contributed by atoms with Crippen molar-refractivity contribution in [1.29, 1.82) is 0 Å². The highest BCUT2D eigenvalue weighted by atomic mass is 32.2. The summed E-state index contributed by atoms with van der Waals surface area (Å²) in [5, 5.41) is 1.52. The summed E-state index contributed by atoms with van der Waals surface area (Å²) in [5.74, 6) is -1.96. The number of hydrogen-bond acceptors (Lipinski definition) is 3. The van der Waals surface area contributed by atoms with Gasteiger partial charge in [0.05, 0.1) is 18.4 Å². The first kappa shape index (κ1) is 22.0. The lowest BCUT2D eigenvalue weighted by Gasteiger charge is -2.16. The third-order valence-corrected chi connectivity index (χ3v) is 6.42. The van der Waals surface area contributed by atoms with Crippen molar-refractivity contribution in [3.63, 3.8) is 0 Å². The predicted molar refractivity (Wildman–Crippen MR) is 120 cm³/mol. The largest absolute Gasteiger partial charge is 0.469 e. The third-order valence-electron chi connectivity index (χ3n) is 5.32. The van der Waals surface area contributed by atoms with Crippen molar-refractivity contribution in [2.75, 3.05) is 7.11 Å². The standard InChI is InChI=1S/C26H19F3O2S/c1-15-18(13-24(30)31-2)12-17-6-9-19(27)14-21(17)25(15)16-7-10-20(11-8-16)32-26-22(28)4-3-5-23(26)29/h3-12,14H,13H2,1-2H3. The minimum absolute atomic E-state index is 0.0657. The Morgan fingerprint density at radius 3 is 2.28 bits per heavy atom. The summed E-state index contributed by atoms with van der Waals surface area (Å²) in [5.41, 5.74) is 3.24. The molecule has 0 saturated heterocycles. The minimum Gasteiger partial charge on any atom is -0.469 e. The molecule has 0 saturated carbocycles. The van der Waals surface area contributed by atoms with E-state index >= 15 is 0 Å². The molecule has 0 N–H and O–H groups in total. The van der Waals surface area contributed by atoms with Crippen LogP contribution in [0.2, 0.25) is 0 Å². The lowest BCUT2D eigenvalue weighted by atomic mass is 9.89. The van der Waals surface area contributed by atoms with Gasteiger partial charge >= 0.3 is 5.97 Å². The quantitative estimate of drug-likeness (QED) is 0.302. The molecule has 0 spiro atoms. The van der Waals surface area contributed by atoms with Gasteiger partial charge in [0.2, 0.25) is 0 Å². The van der Waals surface area contributed by atoms with Crippen LogP contribution in [0.3, 0.4) is 0 Å². The zero-order chi connectivity index (χ0) is 22.8. The SMILES string of the molecule is COC(=O)Cc1cc2ccc(F)cc2c(-c2ccc(Sc3c(F)cccc3F)cc2)c1C. The first-order chi connectivity index (χ1) is 15.4. The first-order valence-electron chi connectivity index (χ1n) is 9.88. The van der Waals surface area contributed by atoms with Crippen LogP contribution in [0.4, 0.5) is 13.2 Å². The van der Waals surface area contributed by atoms with Crippen molar-refractivity contribution < 1.29 is 22.7 Å². The van der Waals surface area contributed by atoms with Gasteiger partial charge in [0.1, 0.15) is 17.5 Å². The lowest BCUT2D eigenvalue weighted by Crippen LogP contribution is -2.06. The summed E-state index contributed by atoms with van der Waals surface area (Å²) >= 11 is 0.998. The molecule has 0 aliphatic rings.